The van der Waals surface area contributed by atoms with Gasteiger partial charge in [-0.15, -0.1) is 0 Å². The molecule has 0 heterocycles. The molecule has 340 valence electrons. The predicted octanol–water partition coefficient (Wildman–Crippen LogP) is 16.1. The molecule has 1 atom stereocenters. The molecule has 0 aliphatic heterocycles. The number of carbonyl (C=O) groups is 3. The van der Waals surface area contributed by atoms with Crippen LogP contribution in [0.4, 0.5) is 0 Å². The van der Waals surface area contributed by atoms with Crippen LogP contribution in [0, 0.1) is 0 Å². The summed E-state index contributed by atoms with van der Waals surface area (Å²) in [5.41, 5.74) is 0. The van der Waals surface area contributed by atoms with Crippen molar-refractivity contribution in [1.82, 2.24) is 0 Å². The highest BCUT2D eigenvalue weighted by Crippen LogP contribution is 2.15. The van der Waals surface area contributed by atoms with Gasteiger partial charge in [0.1, 0.15) is 13.2 Å². The maximum absolute atomic E-state index is 12.8. The van der Waals surface area contributed by atoms with Crippen LogP contribution in [0.15, 0.2) is 60.8 Å². The number of hydrogen-bond donors (Lipinski definition) is 0. The second kappa shape index (κ2) is 47.8. The molecule has 0 spiro atoms. The van der Waals surface area contributed by atoms with E-state index in [1.54, 1.807) is 0 Å². The molecule has 0 aromatic carbocycles. The lowest BCUT2D eigenvalue weighted by Crippen LogP contribution is -2.30. The highest BCUT2D eigenvalue weighted by molar-refractivity contribution is 5.71. The Morgan fingerprint density at radius 2 is 0.729 bits per heavy atom. The van der Waals surface area contributed by atoms with Gasteiger partial charge in [-0.2, -0.15) is 0 Å². The van der Waals surface area contributed by atoms with Crippen molar-refractivity contribution < 1.29 is 28.6 Å². The summed E-state index contributed by atoms with van der Waals surface area (Å²) in [6.45, 7) is 6.44. The lowest BCUT2D eigenvalue weighted by Gasteiger charge is -2.18. The third-order valence-corrected chi connectivity index (χ3v) is 10.5. The Hall–Kier alpha value is -2.89. The second-order valence-electron chi connectivity index (χ2n) is 16.4. The summed E-state index contributed by atoms with van der Waals surface area (Å²) in [7, 11) is 0. The number of unbranched alkanes of at least 4 members (excludes halogenated alkanes) is 24. The number of esters is 3. The van der Waals surface area contributed by atoms with Crippen LogP contribution in [0.5, 0.6) is 0 Å². The first-order chi connectivity index (χ1) is 29.0. The van der Waals surface area contributed by atoms with E-state index in [9.17, 15) is 14.4 Å². The first-order valence-electron chi connectivity index (χ1n) is 24.8. The maximum atomic E-state index is 12.8. The second-order valence-corrected chi connectivity index (χ2v) is 16.4. The molecule has 0 aromatic heterocycles. The zero-order chi connectivity index (χ0) is 43.0. The molecule has 59 heavy (non-hydrogen) atoms. The molecular weight excluding hydrogens is 733 g/mol. The van der Waals surface area contributed by atoms with E-state index in [0.717, 1.165) is 96.3 Å². The van der Waals surface area contributed by atoms with Crippen molar-refractivity contribution in [3.63, 3.8) is 0 Å². The van der Waals surface area contributed by atoms with Crippen molar-refractivity contribution in [2.24, 2.45) is 0 Å². The smallest absolute Gasteiger partial charge is 0.306 e. The third-order valence-electron chi connectivity index (χ3n) is 10.5. The van der Waals surface area contributed by atoms with E-state index >= 15 is 0 Å². The average molecular weight is 825 g/mol. The summed E-state index contributed by atoms with van der Waals surface area (Å²) in [4.78, 5) is 37.9. The predicted molar refractivity (Wildman–Crippen MR) is 251 cm³/mol. The first-order valence-corrected chi connectivity index (χ1v) is 24.8. The van der Waals surface area contributed by atoms with E-state index in [1.165, 1.54) is 103 Å². The van der Waals surface area contributed by atoms with Gasteiger partial charge in [0.15, 0.2) is 6.10 Å². The third kappa shape index (κ3) is 46.0. The van der Waals surface area contributed by atoms with Crippen molar-refractivity contribution in [2.45, 2.75) is 245 Å². The van der Waals surface area contributed by atoms with Crippen molar-refractivity contribution in [2.75, 3.05) is 13.2 Å². The number of rotatable bonds is 44. The lowest BCUT2D eigenvalue weighted by molar-refractivity contribution is -0.167. The maximum Gasteiger partial charge on any atom is 0.306 e. The van der Waals surface area contributed by atoms with Crippen molar-refractivity contribution in [1.29, 1.82) is 0 Å². The van der Waals surface area contributed by atoms with Gasteiger partial charge in [0, 0.05) is 19.3 Å². The summed E-state index contributed by atoms with van der Waals surface area (Å²) < 4.78 is 16.7. The van der Waals surface area contributed by atoms with Gasteiger partial charge in [0.25, 0.3) is 0 Å². The summed E-state index contributed by atoms with van der Waals surface area (Å²) in [5.74, 6) is -0.925. The quantitative estimate of drug-likeness (QED) is 0.0200. The van der Waals surface area contributed by atoms with Gasteiger partial charge in [0.2, 0.25) is 0 Å². The van der Waals surface area contributed by atoms with Crippen molar-refractivity contribution in [3.8, 4) is 0 Å². The van der Waals surface area contributed by atoms with Crippen LogP contribution < -0.4 is 0 Å². The number of hydrogen-bond acceptors (Lipinski definition) is 6. The number of allylic oxidation sites excluding steroid dienone is 10. The SMILES string of the molecule is CC/C=C\C/C=C\C/C=C\CCCCCCCCC(=O)OCC(COC(=O)CCCCC/C=C\C=C/CCCC)OC(=O)CCCCCCCCCCCCCCCC. The molecule has 6 heteroatoms. The van der Waals surface area contributed by atoms with Crippen LogP contribution in [0.25, 0.3) is 0 Å². The fourth-order valence-corrected chi connectivity index (χ4v) is 6.79. The van der Waals surface area contributed by atoms with E-state index in [1.807, 2.05) is 0 Å². The minimum Gasteiger partial charge on any atom is -0.462 e. The molecular formula is C53H92O6. The molecule has 0 aliphatic carbocycles. The normalized spacial score (nSPS) is 12.5. The van der Waals surface area contributed by atoms with Crippen LogP contribution in [-0.4, -0.2) is 37.2 Å². The average Bonchev–Trinajstić information content (AvgIpc) is 3.23. The molecule has 0 aromatic rings. The summed E-state index contributed by atoms with van der Waals surface area (Å²) in [5, 5.41) is 0. The van der Waals surface area contributed by atoms with E-state index in [0.29, 0.717) is 19.3 Å². The molecule has 0 N–H and O–H groups in total. The number of ether oxygens (including phenoxy) is 3. The van der Waals surface area contributed by atoms with Crippen molar-refractivity contribution in [3.05, 3.63) is 60.8 Å². The molecule has 0 saturated heterocycles. The van der Waals surface area contributed by atoms with Crippen LogP contribution in [0.3, 0.4) is 0 Å². The van der Waals surface area contributed by atoms with Gasteiger partial charge in [-0.1, -0.05) is 210 Å². The Kier molecular flexibility index (Phi) is 45.4. The molecule has 0 saturated carbocycles. The number of carbonyl (C=O) groups excluding carboxylic acids is 3. The monoisotopic (exact) mass is 825 g/mol. The topological polar surface area (TPSA) is 78.9 Å². The van der Waals surface area contributed by atoms with Gasteiger partial charge in [0.05, 0.1) is 0 Å². The zero-order valence-corrected chi connectivity index (χ0v) is 38.8. The molecule has 0 aliphatic rings. The molecule has 1 unspecified atom stereocenters. The Morgan fingerprint density at radius 1 is 0.373 bits per heavy atom. The fraction of sp³-hybridized carbons (Fsp3) is 0.755. The summed E-state index contributed by atoms with van der Waals surface area (Å²) in [6, 6.07) is 0. The van der Waals surface area contributed by atoms with E-state index in [2.05, 4.69) is 81.5 Å². The summed E-state index contributed by atoms with van der Waals surface area (Å²) >= 11 is 0. The molecule has 0 radical (unpaired) electrons. The minimum atomic E-state index is -0.786. The first kappa shape index (κ1) is 56.1. The highest BCUT2D eigenvalue weighted by Gasteiger charge is 2.19. The standard InChI is InChI=1S/C53H92O6/c1-4-7-10-13-16-19-22-24-26-27-29-31-34-37-40-43-46-52(55)58-49-50(48-57-51(54)45-42-39-36-33-30-21-18-15-12-9-6-3)59-53(56)47-44-41-38-35-32-28-25-23-20-17-14-11-8-5-2/h7,10,15-16,18-19,21,24,26,30,50H,4-6,8-9,11-14,17,20,22-23,25,27-29,31-49H2,1-3H3/b10-7-,18-15-,19-16-,26-24-,30-21-. The van der Waals surface area contributed by atoms with E-state index in [-0.39, 0.29) is 31.1 Å². The lowest BCUT2D eigenvalue weighted by atomic mass is 10.0. The van der Waals surface area contributed by atoms with Crippen LogP contribution in [0.1, 0.15) is 239 Å². The van der Waals surface area contributed by atoms with E-state index < -0.39 is 6.10 Å². The molecule has 0 amide bonds. The molecule has 0 fully saturated rings. The fourth-order valence-electron chi connectivity index (χ4n) is 6.79. The Balaban J connectivity index is 4.40. The van der Waals surface area contributed by atoms with Crippen LogP contribution in [0.2, 0.25) is 0 Å². The minimum absolute atomic E-state index is 0.0883. The summed E-state index contributed by atoms with van der Waals surface area (Å²) in [6.07, 6.45) is 57.7. The van der Waals surface area contributed by atoms with E-state index in [4.69, 9.17) is 14.2 Å². The van der Waals surface area contributed by atoms with Crippen LogP contribution in [-0.2, 0) is 28.6 Å². The van der Waals surface area contributed by atoms with Gasteiger partial charge in [-0.25, -0.2) is 0 Å². The molecule has 0 rings (SSSR count). The Labute approximate surface area is 364 Å². The Bertz CT molecular complexity index is 1090. The van der Waals surface area contributed by atoms with Gasteiger partial charge in [-0.3, -0.25) is 14.4 Å². The zero-order valence-electron chi connectivity index (χ0n) is 38.8. The van der Waals surface area contributed by atoms with Gasteiger partial charge in [-0.05, 0) is 70.6 Å². The largest absolute Gasteiger partial charge is 0.462 e. The Morgan fingerprint density at radius 3 is 1.20 bits per heavy atom. The van der Waals surface area contributed by atoms with Crippen LogP contribution >= 0.6 is 0 Å². The van der Waals surface area contributed by atoms with Gasteiger partial charge >= 0.3 is 17.9 Å². The highest BCUT2D eigenvalue weighted by atomic mass is 16.6. The molecule has 6 nitrogen and oxygen atoms in total. The molecule has 0 bridgehead atoms. The van der Waals surface area contributed by atoms with Crippen molar-refractivity contribution >= 4 is 17.9 Å². The van der Waals surface area contributed by atoms with Gasteiger partial charge < -0.3 is 14.2 Å².